The number of ether oxygens (including phenoxy) is 4. The fourth-order valence-corrected chi connectivity index (χ4v) is 12.4. The minimum atomic E-state index is -4.98. The molecule has 0 fully saturated rings. The van der Waals surface area contributed by atoms with E-state index < -0.39 is 97.5 Å². The molecule has 0 saturated carbocycles. The van der Waals surface area contributed by atoms with Crippen LogP contribution in [-0.4, -0.2) is 96.7 Å². The second-order valence-electron chi connectivity index (χ2n) is 27.0. The lowest BCUT2D eigenvalue weighted by Crippen LogP contribution is -2.30. The van der Waals surface area contributed by atoms with Crippen LogP contribution in [0.25, 0.3) is 0 Å². The highest BCUT2D eigenvalue weighted by atomic mass is 31.2. The van der Waals surface area contributed by atoms with E-state index in [1.165, 1.54) is 77.0 Å². The Morgan fingerprint density at radius 1 is 0.284 bits per heavy atom. The Balaban J connectivity index is 5.38. The molecule has 102 heavy (non-hydrogen) atoms. The summed E-state index contributed by atoms with van der Waals surface area (Å²) < 4.78 is 68.6. The Kier molecular flexibility index (Phi) is 72.3. The van der Waals surface area contributed by atoms with Crippen LogP contribution in [0.5, 0.6) is 0 Å². The van der Waals surface area contributed by atoms with Gasteiger partial charge in [0.2, 0.25) is 0 Å². The Morgan fingerprint density at radius 2 is 0.510 bits per heavy atom. The summed E-state index contributed by atoms with van der Waals surface area (Å²) in [4.78, 5) is 73.0. The first-order chi connectivity index (χ1) is 49.7. The quantitative estimate of drug-likeness (QED) is 0.0169. The molecule has 0 aromatic rings. The molecule has 0 aliphatic rings. The Hall–Kier alpha value is -4.02. The normalized spacial score (nSPS) is 14.4. The molecule has 19 heteroatoms. The molecule has 0 aromatic carbocycles. The highest BCUT2D eigenvalue weighted by Crippen LogP contribution is 2.45. The zero-order valence-corrected chi connectivity index (χ0v) is 66.3. The van der Waals surface area contributed by atoms with E-state index in [1.54, 1.807) is 0 Å². The lowest BCUT2D eigenvalue weighted by Gasteiger charge is -2.21. The molecule has 0 aliphatic carbocycles. The summed E-state index contributed by atoms with van der Waals surface area (Å²) in [7, 11) is -9.96. The van der Waals surface area contributed by atoms with Crippen LogP contribution in [0.15, 0.2) is 97.2 Å². The van der Waals surface area contributed by atoms with Crippen LogP contribution in [0, 0.1) is 0 Å². The first-order valence-electron chi connectivity index (χ1n) is 40.5. The molecule has 0 radical (unpaired) electrons. The highest BCUT2D eigenvalue weighted by molar-refractivity contribution is 7.47. The number of hydrogen-bond donors (Lipinski definition) is 3. The van der Waals surface area contributed by atoms with Crippen molar-refractivity contribution < 1.29 is 80.2 Å². The molecule has 2 unspecified atom stereocenters. The lowest BCUT2D eigenvalue weighted by molar-refractivity contribution is -0.161. The monoisotopic (exact) mass is 1480 g/mol. The Morgan fingerprint density at radius 3 is 0.804 bits per heavy atom. The number of rotatable bonds is 76. The number of hydrogen-bond acceptors (Lipinski definition) is 15. The van der Waals surface area contributed by atoms with Gasteiger partial charge in [-0.15, -0.1) is 0 Å². The minimum absolute atomic E-state index is 0.0825. The predicted molar refractivity (Wildman–Crippen MR) is 418 cm³/mol. The van der Waals surface area contributed by atoms with Crippen molar-refractivity contribution in [2.75, 3.05) is 39.6 Å². The molecule has 0 aliphatic heterocycles. The molecule has 3 N–H and O–H groups in total. The van der Waals surface area contributed by atoms with Crippen molar-refractivity contribution >= 4 is 39.5 Å². The lowest BCUT2D eigenvalue weighted by atomic mass is 10.1. The molecule has 0 rings (SSSR count). The van der Waals surface area contributed by atoms with Gasteiger partial charge in [0.15, 0.2) is 12.2 Å². The van der Waals surface area contributed by atoms with Gasteiger partial charge in [0.25, 0.3) is 0 Å². The number of aliphatic hydroxyl groups excluding tert-OH is 1. The third-order valence-electron chi connectivity index (χ3n) is 17.0. The van der Waals surface area contributed by atoms with Gasteiger partial charge in [0.05, 0.1) is 26.4 Å². The highest BCUT2D eigenvalue weighted by Gasteiger charge is 2.30. The van der Waals surface area contributed by atoms with E-state index in [9.17, 15) is 43.2 Å². The summed E-state index contributed by atoms with van der Waals surface area (Å²) in [5.41, 5.74) is 0. The average molecular weight is 1480 g/mol. The number of allylic oxidation sites excluding steroid dienone is 16. The fourth-order valence-electron chi connectivity index (χ4n) is 10.8. The molecule has 0 spiro atoms. The van der Waals surface area contributed by atoms with E-state index in [4.69, 9.17) is 37.0 Å². The van der Waals surface area contributed by atoms with Crippen LogP contribution < -0.4 is 0 Å². The average Bonchev–Trinajstić information content (AvgIpc) is 0.920. The summed E-state index contributed by atoms with van der Waals surface area (Å²) in [5.74, 6) is -2.21. The molecule has 0 aromatic heterocycles. The van der Waals surface area contributed by atoms with Crippen molar-refractivity contribution in [3.8, 4) is 0 Å². The van der Waals surface area contributed by atoms with Crippen LogP contribution >= 0.6 is 15.6 Å². The van der Waals surface area contributed by atoms with E-state index in [0.717, 1.165) is 193 Å². The number of aliphatic hydroxyl groups is 1. The van der Waals surface area contributed by atoms with Crippen LogP contribution in [-0.2, 0) is 65.4 Å². The molecular formula is C83H146O17P2. The molecular weight excluding hydrogens is 1330 g/mol. The summed E-state index contributed by atoms with van der Waals surface area (Å²) in [5, 5.41) is 10.6. The maximum Gasteiger partial charge on any atom is 0.472 e. The standard InChI is InChI=1S/C83H146O17P2/c1-5-9-13-17-21-25-29-33-36-37-38-39-42-44-48-52-56-60-64-68-81(86)94-74-79(100-83(88)70-66-62-58-54-50-46-41-35-31-27-23-19-15-11-7-3)76-98-102(91,92)96-72-77(84)71-95-101(89,90)97-75-78(73-93-80(85)67-63-59-55-51-47-43-32-28-24-20-16-12-8-4)99-82(87)69-65-61-57-53-49-45-40-34-30-26-22-18-14-10-6-2/h9,13,21,25-28,30-33,36,38-39,44,48,77-79,84H,5-8,10-12,14-20,22-24,29,34-35,37,40-43,45-47,49-76H2,1-4H3,(H,89,90)(H,91,92)/b13-9-,25-21-,30-26-,31-27-,32-28-,36-33-,39-38-,48-44-/t77-,78+,79+/m0/s1. The second-order valence-corrected chi connectivity index (χ2v) is 29.9. The fraction of sp³-hybridized carbons (Fsp3) is 0.759. The Bertz CT molecular complexity index is 2310. The van der Waals surface area contributed by atoms with E-state index in [0.29, 0.717) is 25.7 Å². The maximum absolute atomic E-state index is 13.1. The smallest absolute Gasteiger partial charge is 0.462 e. The van der Waals surface area contributed by atoms with E-state index in [2.05, 4.69) is 125 Å². The number of carbonyl (C=O) groups is 4. The van der Waals surface area contributed by atoms with Gasteiger partial charge in [-0.3, -0.25) is 37.3 Å². The molecule has 0 amide bonds. The van der Waals surface area contributed by atoms with Gasteiger partial charge < -0.3 is 33.8 Å². The van der Waals surface area contributed by atoms with Crippen molar-refractivity contribution in [1.29, 1.82) is 0 Å². The van der Waals surface area contributed by atoms with Gasteiger partial charge in [-0.1, -0.05) is 273 Å². The summed E-state index contributed by atoms with van der Waals surface area (Å²) in [6.45, 7) is 4.71. The van der Waals surface area contributed by atoms with Crippen molar-refractivity contribution in [2.45, 2.75) is 367 Å². The van der Waals surface area contributed by atoms with Crippen molar-refractivity contribution in [3.63, 3.8) is 0 Å². The molecule has 17 nitrogen and oxygen atoms in total. The van der Waals surface area contributed by atoms with E-state index in [-0.39, 0.29) is 25.7 Å². The number of unbranched alkanes of at least 4 members (excludes halogenated alkanes) is 34. The van der Waals surface area contributed by atoms with Gasteiger partial charge in [0.1, 0.15) is 19.3 Å². The van der Waals surface area contributed by atoms with Crippen LogP contribution in [0.2, 0.25) is 0 Å². The van der Waals surface area contributed by atoms with Crippen molar-refractivity contribution in [3.05, 3.63) is 97.2 Å². The van der Waals surface area contributed by atoms with Crippen LogP contribution in [0.4, 0.5) is 0 Å². The van der Waals surface area contributed by atoms with Gasteiger partial charge in [-0.05, 0) is 148 Å². The maximum atomic E-state index is 13.1. The molecule has 0 heterocycles. The predicted octanol–water partition coefficient (Wildman–Crippen LogP) is 23.6. The summed E-state index contributed by atoms with van der Waals surface area (Å²) in [6.07, 6.45) is 79.5. The minimum Gasteiger partial charge on any atom is -0.462 e. The van der Waals surface area contributed by atoms with Crippen LogP contribution in [0.1, 0.15) is 349 Å². The molecule has 0 saturated heterocycles. The van der Waals surface area contributed by atoms with Crippen LogP contribution in [0.3, 0.4) is 0 Å². The first-order valence-corrected chi connectivity index (χ1v) is 43.5. The third kappa shape index (κ3) is 74.3. The third-order valence-corrected chi connectivity index (χ3v) is 18.9. The number of carbonyl (C=O) groups excluding carboxylic acids is 4. The topological polar surface area (TPSA) is 237 Å². The van der Waals surface area contributed by atoms with Crippen molar-refractivity contribution in [1.82, 2.24) is 0 Å². The second kappa shape index (κ2) is 75.2. The largest absolute Gasteiger partial charge is 0.472 e. The summed E-state index contributed by atoms with van der Waals surface area (Å²) in [6, 6.07) is 0. The van der Waals surface area contributed by atoms with E-state index >= 15 is 0 Å². The Labute approximate surface area is 620 Å². The zero-order chi connectivity index (χ0) is 74.6. The van der Waals surface area contributed by atoms with Gasteiger partial charge in [0, 0.05) is 25.7 Å². The number of phosphoric acid groups is 2. The van der Waals surface area contributed by atoms with Gasteiger partial charge in [-0.25, -0.2) is 9.13 Å². The summed E-state index contributed by atoms with van der Waals surface area (Å²) >= 11 is 0. The number of esters is 4. The number of phosphoric ester groups is 2. The first kappa shape index (κ1) is 98.0. The zero-order valence-electron chi connectivity index (χ0n) is 64.5. The van der Waals surface area contributed by atoms with Crippen molar-refractivity contribution in [2.24, 2.45) is 0 Å². The van der Waals surface area contributed by atoms with Gasteiger partial charge in [-0.2, -0.15) is 0 Å². The van der Waals surface area contributed by atoms with E-state index in [1.807, 2.05) is 0 Å². The molecule has 0 bridgehead atoms. The molecule has 590 valence electrons. The molecule has 5 atom stereocenters. The SMILES string of the molecule is CC/C=C\C/C=C\C/C=C\C/C=C\C/C=C\CCCCCC(=O)OC[C@H](COP(=O)(O)OC[C@@H](O)COP(=O)(O)OC[C@@H](COC(=O)CCCCCCC/C=C\CCCCCC)OC(=O)CCCCCCCCC/C=C\CCCCCC)OC(=O)CCCCCCCCC/C=C\CCCCCC. The van der Waals surface area contributed by atoms with Gasteiger partial charge >= 0.3 is 39.5 Å².